The van der Waals surface area contributed by atoms with Gasteiger partial charge < -0.3 is 10.6 Å². The Bertz CT molecular complexity index is 456. The number of nitrogens with zero attached hydrogens (tertiary/aromatic N) is 1. The van der Waals surface area contributed by atoms with E-state index in [1.165, 1.54) is 11.3 Å². The lowest BCUT2D eigenvalue weighted by Crippen LogP contribution is -2.34. The number of carbonyl (C=O) groups excluding carboxylic acids is 1. The van der Waals surface area contributed by atoms with Gasteiger partial charge in [0.05, 0.1) is 17.0 Å². The number of hydrogen-bond acceptors (Lipinski definition) is 3. The van der Waals surface area contributed by atoms with Gasteiger partial charge in [0.15, 0.2) is 0 Å². The molecule has 0 aliphatic heterocycles. The first kappa shape index (κ1) is 14.7. The monoisotopic (exact) mass is 264 g/mol. The average molecular weight is 264 g/mol. The first-order valence-corrected chi connectivity index (χ1v) is 7.02. The van der Waals surface area contributed by atoms with E-state index in [2.05, 4.69) is 25.7 Å². The molecule has 18 heavy (non-hydrogen) atoms. The number of nitrogens with two attached hydrogens (primary N) is 1. The molecule has 1 heterocycles. The molecule has 1 aromatic heterocycles. The number of thiophene rings is 1. The molecule has 1 aromatic rings. The van der Waals surface area contributed by atoms with Gasteiger partial charge in [-0.05, 0) is 19.4 Å². The highest BCUT2D eigenvalue weighted by Gasteiger charge is 2.17. The Hall–Kier alpha value is -1.31. The zero-order chi connectivity index (χ0) is 13.5. The molecule has 2 N–H and O–H groups in total. The standard InChI is InChI=1S/C14H20N2OS/c1-4-6-11(2)16(3)14(17)12-9-13(18-10-12)7-5-8-15/h9-11H,4,6,8,15H2,1-3H3. The van der Waals surface area contributed by atoms with Gasteiger partial charge in [0, 0.05) is 18.5 Å². The van der Waals surface area contributed by atoms with Gasteiger partial charge in [-0.25, -0.2) is 0 Å². The molecule has 0 aliphatic carbocycles. The van der Waals surface area contributed by atoms with Crippen molar-refractivity contribution in [2.75, 3.05) is 13.6 Å². The van der Waals surface area contributed by atoms with Crippen LogP contribution in [-0.2, 0) is 0 Å². The minimum Gasteiger partial charge on any atom is -0.339 e. The van der Waals surface area contributed by atoms with Crippen LogP contribution in [0, 0.1) is 11.8 Å². The van der Waals surface area contributed by atoms with Crippen molar-refractivity contribution in [3.8, 4) is 11.8 Å². The number of carbonyl (C=O) groups is 1. The fourth-order valence-electron chi connectivity index (χ4n) is 1.67. The van der Waals surface area contributed by atoms with Gasteiger partial charge in [0.1, 0.15) is 0 Å². The van der Waals surface area contributed by atoms with E-state index >= 15 is 0 Å². The van der Waals surface area contributed by atoms with E-state index in [9.17, 15) is 4.79 Å². The van der Waals surface area contributed by atoms with Gasteiger partial charge in [-0.2, -0.15) is 0 Å². The molecular weight excluding hydrogens is 244 g/mol. The molecule has 98 valence electrons. The molecule has 3 nitrogen and oxygen atoms in total. The van der Waals surface area contributed by atoms with Crippen LogP contribution < -0.4 is 5.73 Å². The predicted molar refractivity (Wildman–Crippen MR) is 76.7 cm³/mol. The molecule has 0 aliphatic rings. The second kappa shape index (κ2) is 7.20. The van der Waals surface area contributed by atoms with Crippen LogP contribution in [0.1, 0.15) is 41.9 Å². The first-order chi connectivity index (χ1) is 8.60. The van der Waals surface area contributed by atoms with Gasteiger partial charge >= 0.3 is 0 Å². The van der Waals surface area contributed by atoms with Crippen molar-refractivity contribution in [3.05, 3.63) is 21.9 Å². The van der Waals surface area contributed by atoms with Gasteiger partial charge in [-0.3, -0.25) is 4.79 Å². The van der Waals surface area contributed by atoms with Crippen LogP contribution in [0.25, 0.3) is 0 Å². The largest absolute Gasteiger partial charge is 0.339 e. The van der Waals surface area contributed by atoms with E-state index in [0.29, 0.717) is 12.1 Å². The zero-order valence-electron chi connectivity index (χ0n) is 11.2. The van der Waals surface area contributed by atoms with Crippen molar-refractivity contribution in [1.29, 1.82) is 0 Å². The van der Waals surface area contributed by atoms with E-state index in [4.69, 9.17) is 5.73 Å². The Labute approximate surface area is 113 Å². The summed E-state index contributed by atoms with van der Waals surface area (Å²) in [4.78, 5) is 14.9. The highest BCUT2D eigenvalue weighted by Crippen LogP contribution is 2.17. The van der Waals surface area contributed by atoms with Crippen molar-refractivity contribution < 1.29 is 4.79 Å². The summed E-state index contributed by atoms with van der Waals surface area (Å²) in [6.45, 7) is 4.54. The van der Waals surface area contributed by atoms with Crippen molar-refractivity contribution >= 4 is 17.2 Å². The number of hydrogen-bond donors (Lipinski definition) is 1. The molecule has 1 unspecified atom stereocenters. The lowest BCUT2D eigenvalue weighted by atomic mass is 10.1. The smallest absolute Gasteiger partial charge is 0.254 e. The normalized spacial score (nSPS) is 11.6. The summed E-state index contributed by atoms with van der Waals surface area (Å²) in [6, 6.07) is 2.10. The highest BCUT2D eigenvalue weighted by molar-refractivity contribution is 7.10. The minimum absolute atomic E-state index is 0.0630. The molecule has 0 fully saturated rings. The third-order valence-corrected chi connectivity index (χ3v) is 3.69. The van der Waals surface area contributed by atoms with Crippen molar-refractivity contribution in [3.63, 3.8) is 0 Å². The maximum Gasteiger partial charge on any atom is 0.254 e. The van der Waals surface area contributed by atoms with E-state index in [1.807, 2.05) is 18.5 Å². The Morgan fingerprint density at radius 2 is 2.33 bits per heavy atom. The van der Waals surface area contributed by atoms with Gasteiger partial charge in [-0.15, -0.1) is 11.3 Å². The summed E-state index contributed by atoms with van der Waals surface area (Å²) in [5, 5.41) is 1.86. The quantitative estimate of drug-likeness (QED) is 0.848. The summed E-state index contributed by atoms with van der Waals surface area (Å²) >= 11 is 1.48. The van der Waals surface area contributed by atoms with Crippen LogP contribution in [0.15, 0.2) is 11.4 Å². The first-order valence-electron chi connectivity index (χ1n) is 6.14. The second-order valence-electron chi connectivity index (χ2n) is 4.26. The fraction of sp³-hybridized carbons (Fsp3) is 0.500. The van der Waals surface area contributed by atoms with E-state index in [-0.39, 0.29) is 11.9 Å². The summed E-state index contributed by atoms with van der Waals surface area (Å²) in [5.74, 6) is 5.80. The van der Waals surface area contributed by atoms with Crippen LogP contribution in [0.3, 0.4) is 0 Å². The third-order valence-electron chi connectivity index (χ3n) is 2.85. The number of amides is 1. The van der Waals surface area contributed by atoms with Gasteiger partial charge in [0.2, 0.25) is 0 Å². The molecule has 1 amide bonds. The molecule has 0 spiro atoms. The van der Waals surface area contributed by atoms with Crippen molar-refractivity contribution in [2.24, 2.45) is 5.73 Å². The molecule has 0 bridgehead atoms. The average Bonchev–Trinajstić information content (AvgIpc) is 2.83. The highest BCUT2D eigenvalue weighted by atomic mass is 32.1. The molecule has 0 saturated carbocycles. The lowest BCUT2D eigenvalue weighted by molar-refractivity contribution is 0.0737. The number of rotatable bonds is 4. The van der Waals surface area contributed by atoms with E-state index in [0.717, 1.165) is 17.7 Å². The van der Waals surface area contributed by atoms with Crippen LogP contribution >= 0.6 is 11.3 Å². The Morgan fingerprint density at radius 3 is 2.94 bits per heavy atom. The summed E-state index contributed by atoms with van der Waals surface area (Å²) in [6.07, 6.45) is 2.10. The van der Waals surface area contributed by atoms with Gasteiger partial charge in [0.25, 0.3) is 5.91 Å². The van der Waals surface area contributed by atoms with Gasteiger partial charge in [-0.1, -0.05) is 25.2 Å². The molecular formula is C14H20N2OS. The Kier molecular flexibility index (Phi) is 5.90. The Morgan fingerprint density at radius 1 is 1.61 bits per heavy atom. The predicted octanol–water partition coefficient (Wildman–Crippen LogP) is 2.32. The van der Waals surface area contributed by atoms with Crippen LogP contribution in [-0.4, -0.2) is 30.4 Å². The molecule has 0 aromatic carbocycles. The van der Waals surface area contributed by atoms with Crippen LogP contribution in [0.2, 0.25) is 0 Å². The van der Waals surface area contributed by atoms with Crippen molar-refractivity contribution in [1.82, 2.24) is 4.90 Å². The SMILES string of the molecule is CCCC(C)N(C)C(=O)c1csc(C#CCN)c1. The molecule has 1 atom stereocenters. The molecule has 4 heteroatoms. The summed E-state index contributed by atoms with van der Waals surface area (Å²) < 4.78 is 0. The maximum atomic E-state index is 12.2. The fourth-order valence-corrected chi connectivity index (χ4v) is 2.42. The van der Waals surface area contributed by atoms with Crippen LogP contribution in [0.5, 0.6) is 0 Å². The Balaban J connectivity index is 2.75. The summed E-state index contributed by atoms with van der Waals surface area (Å²) in [5.41, 5.74) is 6.03. The summed E-state index contributed by atoms with van der Waals surface area (Å²) in [7, 11) is 1.85. The second-order valence-corrected chi connectivity index (χ2v) is 5.17. The molecule has 0 radical (unpaired) electrons. The van der Waals surface area contributed by atoms with E-state index < -0.39 is 0 Å². The van der Waals surface area contributed by atoms with E-state index in [1.54, 1.807) is 4.90 Å². The molecule has 0 saturated heterocycles. The zero-order valence-corrected chi connectivity index (χ0v) is 12.0. The minimum atomic E-state index is 0.0630. The maximum absolute atomic E-state index is 12.2. The lowest BCUT2D eigenvalue weighted by Gasteiger charge is -2.24. The van der Waals surface area contributed by atoms with Crippen LogP contribution in [0.4, 0.5) is 0 Å². The third kappa shape index (κ3) is 3.86. The van der Waals surface area contributed by atoms with Crippen molar-refractivity contribution in [2.45, 2.75) is 32.7 Å². The molecule has 1 rings (SSSR count). The topological polar surface area (TPSA) is 46.3 Å².